The predicted molar refractivity (Wildman–Crippen MR) is 41.4 cm³/mol. The highest BCUT2D eigenvalue weighted by Gasteiger charge is 2.01. The molecule has 0 atom stereocenters. The van der Waals surface area contributed by atoms with E-state index >= 15 is 0 Å². The van der Waals surface area contributed by atoms with Gasteiger partial charge in [0.05, 0.1) is 0 Å². The molecule has 0 aromatic carbocycles. The van der Waals surface area contributed by atoms with Gasteiger partial charge in [-0.05, 0) is 26.7 Å². The lowest BCUT2D eigenvalue weighted by molar-refractivity contribution is 0.929. The van der Waals surface area contributed by atoms with Gasteiger partial charge in [-0.15, -0.1) is 5.47 Å². The van der Waals surface area contributed by atoms with Crippen molar-refractivity contribution in [3.05, 3.63) is 22.7 Å². The topological polar surface area (TPSA) is 0 Å². The molecule has 0 aromatic rings. The van der Waals surface area contributed by atoms with Gasteiger partial charge in [-0.2, -0.15) is 0 Å². The van der Waals surface area contributed by atoms with Gasteiger partial charge in [0.2, 0.25) is 0 Å². The van der Waals surface area contributed by atoms with Crippen molar-refractivity contribution >= 4 is 7.85 Å². The molecule has 2 radical (unpaired) electrons. The lowest BCUT2D eigenvalue weighted by Gasteiger charge is -2.12. The lowest BCUT2D eigenvalue weighted by Crippen LogP contribution is -1.94. The molecule has 0 fully saturated rings. The van der Waals surface area contributed by atoms with Gasteiger partial charge >= 0.3 is 0 Å². The SMILES string of the molecule is [B]C1=C(C)C=C(C)CC1. The van der Waals surface area contributed by atoms with Crippen LogP contribution in [0.15, 0.2) is 22.7 Å². The van der Waals surface area contributed by atoms with Crippen molar-refractivity contribution in [2.24, 2.45) is 0 Å². The van der Waals surface area contributed by atoms with Gasteiger partial charge in [0.25, 0.3) is 0 Å². The molecule has 9 heavy (non-hydrogen) atoms. The number of hydrogen-bond donors (Lipinski definition) is 0. The van der Waals surface area contributed by atoms with Crippen LogP contribution in [0.4, 0.5) is 0 Å². The first kappa shape index (κ1) is 6.66. The minimum Gasteiger partial charge on any atom is -0.115 e. The minimum atomic E-state index is 1.05. The van der Waals surface area contributed by atoms with Crippen LogP contribution in [0, 0.1) is 0 Å². The summed E-state index contributed by atoms with van der Waals surface area (Å²) in [5.41, 5.74) is 3.75. The van der Waals surface area contributed by atoms with E-state index in [2.05, 4.69) is 19.9 Å². The van der Waals surface area contributed by atoms with Crippen LogP contribution >= 0.6 is 0 Å². The summed E-state index contributed by atoms with van der Waals surface area (Å²) in [5, 5.41) is 0. The van der Waals surface area contributed by atoms with Crippen molar-refractivity contribution in [3.8, 4) is 0 Å². The van der Waals surface area contributed by atoms with E-state index in [-0.39, 0.29) is 0 Å². The summed E-state index contributed by atoms with van der Waals surface area (Å²) in [5.74, 6) is 0. The Hall–Kier alpha value is -0.455. The van der Waals surface area contributed by atoms with E-state index in [0.717, 1.165) is 18.3 Å². The second-order valence-corrected chi connectivity index (χ2v) is 2.70. The van der Waals surface area contributed by atoms with E-state index in [9.17, 15) is 0 Å². The molecule has 0 nitrogen and oxygen atoms in total. The third-order valence-corrected chi connectivity index (χ3v) is 1.76. The summed E-state index contributed by atoms with van der Waals surface area (Å²) in [6.07, 6.45) is 4.36. The first-order chi connectivity index (χ1) is 4.20. The highest BCUT2D eigenvalue weighted by molar-refractivity contribution is 6.22. The predicted octanol–water partition coefficient (Wildman–Crippen LogP) is 2.17. The fraction of sp³-hybridized carbons (Fsp3) is 0.500. The smallest absolute Gasteiger partial charge is 0.108 e. The molecule has 0 bridgehead atoms. The zero-order chi connectivity index (χ0) is 6.85. The molecular weight excluding hydrogens is 107 g/mol. The molecule has 0 amide bonds. The van der Waals surface area contributed by atoms with Crippen LogP contribution in [0.5, 0.6) is 0 Å². The zero-order valence-corrected chi connectivity index (χ0v) is 6.07. The molecule has 0 unspecified atom stereocenters. The molecule has 0 saturated carbocycles. The summed E-state index contributed by atoms with van der Waals surface area (Å²) in [7, 11) is 5.68. The molecular formula is C8H11B. The minimum absolute atomic E-state index is 1.05. The summed E-state index contributed by atoms with van der Waals surface area (Å²) in [6, 6.07) is 0. The van der Waals surface area contributed by atoms with Gasteiger partial charge in [0.15, 0.2) is 0 Å². The average Bonchev–Trinajstić information content (AvgIpc) is 1.80. The van der Waals surface area contributed by atoms with Crippen molar-refractivity contribution in [3.63, 3.8) is 0 Å². The highest BCUT2D eigenvalue weighted by atomic mass is 14.0. The van der Waals surface area contributed by atoms with Crippen molar-refractivity contribution in [1.82, 2.24) is 0 Å². The van der Waals surface area contributed by atoms with Gasteiger partial charge in [-0.25, -0.2) is 0 Å². The molecule has 0 saturated heterocycles. The molecule has 0 N–H and O–H groups in total. The van der Waals surface area contributed by atoms with Gasteiger partial charge in [-0.1, -0.05) is 17.2 Å². The van der Waals surface area contributed by atoms with E-state index in [1.54, 1.807) is 0 Å². The molecule has 0 spiro atoms. The second-order valence-electron chi connectivity index (χ2n) is 2.70. The first-order valence-corrected chi connectivity index (χ1v) is 3.32. The Kier molecular flexibility index (Phi) is 1.79. The van der Waals surface area contributed by atoms with E-state index in [1.165, 1.54) is 11.1 Å². The van der Waals surface area contributed by atoms with Crippen LogP contribution in [-0.4, -0.2) is 7.85 Å². The Morgan fingerprint density at radius 1 is 1.33 bits per heavy atom. The quantitative estimate of drug-likeness (QED) is 0.427. The maximum Gasteiger partial charge on any atom is 0.108 e. The molecule has 0 aliphatic heterocycles. The Morgan fingerprint density at radius 3 is 2.44 bits per heavy atom. The first-order valence-electron chi connectivity index (χ1n) is 3.32. The van der Waals surface area contributed by atoms with Gasteiger partial charge in [-0.3, -0.25) is 0 Å². The van der Waals surface area contributed by atoms with E-state index in [0.29, 0.717) is 0 Å². The maximum atomic E-state index is 5.68. The van der Waals surface area contributed by atoms with Crippen LogP contribution in [0.1, 0.15) is 26.7 Å². The fourth-order valence-corrected chi connectivity index (χ4v) is 1.06. The van der Waals surface area contributed by atoms with Crippen molar-refractivity contribution in [1.29, 1.82) is 0 Å². The molecule has 46 valence electrons. The second kappa shape index (κ2) is 2.42. The van der Waals surface area contributed by atoms with Crippen molar-refractivity contribution in [2.75, 3.05) is 0 Å². The standard InChI is InChI=1S/C8H11B/c1-6-3-4-8(9)7(2)5-6/h5H,3-4H2,1-2H3. The Balaban J connectivity index is 2.83. The zero-order valence-electron chi connectivity index (χ0n) is 6.07. The molecule has 1 aliphatic rings. The van der Waals surface area contributed by atoms with Crippen molar-refractivity contribution in [2.45, 2.75) is 26.7 Å². The molecule has 1 rings (SSSR count). The Bertz CT molecular complexity index is 175. The van der Waals surface area contributed by atoms with Crippen LogP contribution in [0.25, 0.3) is 0 Å². The fourth-order valence-electron chi connectivity index (χ4n) is 1.06. The van der Waals surface area contributed by atoms with Crippen molar-refractivity contribution < 1.29 is 0 Å². The van der Waals surface area contributed by atoms with Gasteiger partial charge in [0, 0.05) is 0 Å². The maximum absolute atomic E-state index is 5.68. The summed E-state index contributed by atoms with van der Waals surface area (Å²) in [6.45, 7) is 4.22. The number of hydrogen-bond acceptors (Lipinski definition) is 0. The Labute approximate surface area is 58.1 Å². The van der Waals surface area contributed by atoms with E-state index < -0.39 is 0 Å². The highest BCUT2D eigenvalue weighted by Crippen LogP contribution is 2.20. The molecule has 0 heterocycles. The third kappa shape index (κ3) is 1.47. The Morgan fingerprint density at radius 2 is 2.00 bits per heavy atom. The van der Waals surface area contributed by atoms with Crippen LogP contribution in [0.3, 0.4) is 0 Å². The van der Waals surface area contributed by atoms with E-state index in [4.69, 9.17) is 7.85 Å². The largest absolute Gasteiger partial charge is 0.115 e. The summed E-state index contributed by atoms with van der Waals surface area (Å²) < 4.78 is 0. The van der Waals surface area contributed by atoms with Gasteiger partial charge in [0.1, 0.15) is 7.85 Å². The summed E-state index contributed by atoms with van der Waals surface area (Å²) in [4.78, 5) is 0. The van der Waals surface area contributed by atoms with Crippen LogP contribution in [0.2, 0.25) is 0 Å². The molecule has 1 aliphatic carbocycles. The van der Waals surface area contributed by atoms with Crippen LogP contribution < -0.4 is 0 Å². The van der Waals surface area contributed by atoms with E-state index in [1.807, 2.05) is 0 Å². The number of rotatable bonds is 0. The molecule has 1 heteroatoms. The molecule has 0 aromatic heterocycles. The number of allylic oxidation sites excluding steroid dienone is 4. The van der Waals surface area contributed by atoms with Crippen LogP contribution in [-0.2, 0) is 0 Å². The monoisotopic (exact) mass is 118 g/mol. The normalized spacial score (nSPS) is 20.0. The average molecular weight is 118 g/mol. The van der Waals surface area contributed by atoms with Gasteiger partial charge < -0.3 is 0 Å². The lowest BCUT2D eigenvalue weighted by atomic mass is 9.82. The third-order valence-electron chi connectivity index (χ3n) is 1.76. The summed E-state index contributed by atoms with van der Waals surface area (Å²) >= 11 is 0.